The van der Waals surface area contributed by atoms with E-state index in [1.807, 2.05) is 18.2 Å². The Morgan fingerprint density at radius 3 is 2.83 bits per heavy atom. The second-order valence-corrected chi connectivity index (χ2v) is 4.65. The van der Waals surface area contributed by atoms with Crippen LogP contribution in [0.15, 0.2) is 24.3 Å². The highest BCUT2D eigenvalue weighted by molar-refractivity contribution is 5.28. The fourth-order valence-corrected chi connectivity index (χ4v) is 2.14. The lowest BCUT2D eigenvalue weighted by Gasteiger charge is -2.15. The quantitative estimate of drug-likeness (QED) is 0.709. The van der Waals surface area contributed by atoms with Gasteiger partial charge in [0.2, 0.25) is 0 Å². The predicted octanol–water partition coefficient (Wildman–Crippen LogP) is 2.58. The Balaban J connectivity index is 2.34. The molecule has 18 heavy (non-hydrogen) atoms. The first kappa shape index (κ1) is 15.0. The Kier molecular flexibility index (Phi) is 7.46. The number of benzene rings is 1. The SMILES string of the molecule is CCCC(CCO)CNCc1cccc(OC)c1. The van der Waals surface area contributed by atoms with Crippen LogP contribution in [-0.4, -0.2) is 25.4 Å². The first-order chi connectivity index (χ1) is 8.80. The number of aliphatic hydroxyl groups is 1. The lowest BCUT2D eigenvalue weighted by atomic mass is 10.0. The van der Waals surface area contributed by atoms with Crippen molar-refractivity contribution >= 4 is 0 Å². The largest absolute Gasteiger partial charge is 0.497 e. The first-order valence-electron chi connectivity index (χ1n) is 6.74. The summed E-state index contributed by atoms with van der Waals surface area (Å²) in [5.41, 5.74) is 1.23. The highest BCUT2D eigenvalue weighted by Crippen LogP contribution is 2.13. The molecule has 0 radical (unpaired) electrons. The Morgan fingerprint density at radius 1 is 1.33 bits per heavy atom. The molecule has 0 saturated carbocycles. The van der Waals surface area contributed by atoms with Crippen LogP contribution in [0.2, 0.25) is 0 Å². The van der Waals surface area contributed by atoms with Gasteiger partial charge in [0, 0.05) is 13.2 Å². The van der Waals surface area contributed by atoms with Crippen LogP contribution in [0.3, 0.4) is 0 Å². The maximum absolute atomic E-state index is 9.00. The molecule has 0 heterocycles. The van der Waals surface area contributed by atoms with Gasteiger partial charge in [-0.15, -0.1) is 0 Å². The molecule has 0 bridgehead atoms. The van der Waals surface area contributed by atoms with E-state index in [1.54, 1.807) is 7.11 Å². The summed E-state index contributed by atoms with van der Waals surface area (Å²) in [5.74, 6) is 1.47. The maximum atomic E-state index is 9.00. The third-order valence-corrected chi connectivity index (χ3v) is 3.13. The molecular weight excluding hydrogens is 226 g/mol. The first-order valence-corrected chi connectivity index (χ1v) is 6.74. The average Bonchev–Trinajstić information content (AvgIpc) is 2.39. The third kappa shape index (κ3) is 5.52. The van der Waals surface area contributed by atoms with Gasteiger partial charge in [0.15, 0.2) is 0 Å². The summed E-state index contributed by atoms with van der Waals surface area (Å²) in [5, 5.41) is 12.5. The Labute approximate surface area is 110 Å². The average molecular weight is 251 g/mol. The van der Waals surface area contributed by atoms with Gasteiger partial charge < -0.3 is 15.2 Å². The Hall–Kier alpha value is -1.06. The van der Waals surface area contributed by atoms with Crippen LogP contribution >= 0.6 is 0 Å². The zero-order chi connectivity index (χ0) is 13.2. The minimum atomic E-state index is 0.283. The number of hydrogen-bond donors (Lipinski definition) is 2. The second-order valence-electron chi connectivity index (χ2n) is 4.65. The van der Waals surface area contributed by atoms with Gasteiger partial charge in [-0.3, -0.25) is 0 Å². The van der Waals surface area contributed by atoms with E-state index in [1.165, 1.54) is 18.4 Å². The molecule has 0 aliphatic heterocycles. The molecule has 102 valence electrons. The van der Waals surface area contributed by atoms with Crippen molar-refractivity contribution in [3.8, 4) is 5.75 Å². The van der Waals surface area contributed by atoms with Crippen LogP contribution in [0, 0.1) is 5.92 Å². The number of hydrogen-bond acceptors (Lipinski definition) is 3. The molecule has 0 saturated heterocycles. The summed E-state index contributed by atoms with van der Waals surface area (Å²) in [6, 6.07) is 8.10. The monoisotopic (exact) mass is 251 g/mol. The minimum Gasteiger partial charge on any atom is -0.497 e. The molecule has 0 amide bonds. The smallest absolute Gasteiger partial charge is 0.119 e. The van der Waals surface area contributed by atoms with Gasteiger partial charge in [0.05, 0.1) is 7.11 Å². The predicted molar refractivity (Wildman–Crippen MR) is 74.8 cm³/mol. The summed E-state index contributed by atoms with van der Waals surface area (Å²) in [6.07, 6.45) is 3.23. The zero-order valence-electron chi connectivity index (χ0n) is 11.5. The van der Waals surface area contributed by atoms with Crippen LogP contribution in [0.5, 0.6) is 5.75 Å². The lowest BCUT2D eigenvalue weighted by molar-refractivity contribution is 0.248. The van der Waals surface area contributed by atoms with Crippen molar-refractivity contribution in [2.75, 3.05) is 20.3 Å². The molecular formula is C15H25NO2. The summed E-state index contributed by atoms with van der Waals surface area (Å²) in [4.78, 5) is 0. The van der Waals surface area contributed by atoms with Gasteiger partial charge in [0.1, 0.15) is 5.75 Å². The van der Waals surface area contributed by atoms with E-state index >= 15 is 0 Å². The van der Waals surface area contributed by atoms with E-state index < -0.39 is 0 Å². The van der Waals surface area contributed by atoms with Gasteiger partial charge in [-0.05, 0) is 43.0 Å². The molecule has 0 fully saturated rings. The van der Waals surface area contributed by atoms with Crippen LogP contribution in [0.25, 0.3) is 0 Å². The molecule has 1 aromatic carbocycles. The van der Waals surface area contributed by atoms with Crippen LogP contribution in [0.4, 0.5) is 0 Å². The van der Waals surface area contributed by atoms with Crippen molar-refractivity contribution in [1.29, 1.82) is 0 Å². The minimum absolute atomic E-state index is 0.283. The van der Waals surface area contributed by atoms with Crippen molar-refractivity contribution in [2.24, 2.45) is 5.92 Å². The molecule has 2 N–H and O–H groups in total. The van der Waals surface area contributed by atoms with Gasteiger partial charge in [0.25, 0.3) is 0 Å². The van der Waals surface area contributed by atoms with Gasteiger partial charge >= 0.3 is 0 Å². The molecule has 1 atom stereocenters. The van der Waals surface area contributed by atoms with E-state index in [0.717, 1.165) is 25.3 Å². The molecule has 3 nitrogen and oxygen atoms in total. The standard InChI is InChI=1S/C15H25NO2/c1-3-5-13(8-9-17)11-16-12-14-6-4-7-15(10-14)18-2/h4,6-7,10,13,16-17H,3,5,8-9,11-12H2,1-2H3. The summed E-state index contributed by atoms with van der Waals surface area (Å²) >= 11 is 0. The molecule has 0 aliphatic carbocycles. The van der Waals surface area contributed by atoms with E-state index in [2.05, 4.69) is 18.3 Å². The fourth-order valence-electron chi connectivity index (χ4n) is 2.14. The molecule has 0 spiro atoms. The van der Waals surface area contributed by atoms with Gasteiger partial charge in [-0.25, -0.2) is 0 Å². The van der Waals surface area contributed by atoms with Crippen molar-refractivity contribution in [3.05, 3.63) is 29.8 Å². The Morgan fingerprint density at radius 2 is 2.17 bits per heavy atom. The highest BCUT2D eigenvalue weighted by atomic mass is 16.5. The second kappa shape index (κ2) is 8.95. The number of nitrogens with one attached hydrogen (secondary N) is 1. The molecule has 1 rings (SSSR count). The number of ether oxygens (including phenoxy) is 1. The molecule has 1 unspecified atom stereocenters. The number of rotatable bonds is 9. The summed E-state index contributed by atoms with van der Waals surface area (Å²) in [7, 11) is 1.69. The van der Waals surface area contributed by atoms with E-state index in [9.17, 15) is 0 Å². The number of aliphatic hydroxyl groups excluding tert-OH is 1. The highest BCUT2D eigenvalue weighted by Gasteiger charge is 2.06. The van der Waals surface area contributed by atoms with Crippen molar-refractivity contribution < 1.29 is 9.84 Å². The van der Waals surface area contributed by atoms with Crippen molar-refractivity contribution in [3.63, 3.8) is 0 Å². The lowest BCUT2D eigenvalue weighted by Crippen LogP contribution is -2.23. The maximum Gasteiger partial charge on any atom is 0.119 e. The molecule has 0 aromatic heterocycles. The van der Waals surface area contributed by atoms with Gasteiger partial charge in [-0.1, -0.05) is 25.5 Å². The normalized spacial score (nSPS) is 12.4. The van der Waals surface area contributed by atoms with Crippen molar-refractivity contribution in [1.82, 2.24) is 5.32 Å². The molecule has 1 aromatic rings. The zero-order valence-corrected chi connectivity index (χ0v) is 11.5. The van der Waals surface area contributed by atoms with Gasteiger partial charge in [-0.2, -0.15) is 0 Å². The van der Waals surface area contributed by atoms with Crippen LogP contribution in [-0.2, 0) is 6.54 Å². The summed E-state index contributed by atoms with van der Waals surface area (Å²) in [6.45, 7) is 4.28. The molecule has 3 heteroatoms. The van der Waals surface area contributed by atoms with E-state index in [4.69, 9.17) is 9.84 Å². The van der Waals surface area contributed by atoms with Crippen molar-refractivity contribution in [2.45, 2.75) is 32.7 Å². The number of methoxy groups -OCH3 is 1. The fraction of sp³-hybridized carbons (Fsp3) is 0.600. The van der Waals surface area contributed by atoms with E-state index in [-0.39, 0.29) is 6.61 Å². The summed E-state index contributed by atoms with van der Waals surface area (Å²) < 4.78 is 5.20. The third-order valence-electron chi connectivity index (χ3n) is 3.13. The van der Waals surface area contributed by atoms with Crippen LogP contribution in [0.1, 0.15) is 31.7 Å². The van der Waals surface area contributed by atoms with E-state index in [0.29, 0.717) is 5.92 Å². The Bertz CT molecular complexity index is 322. The van der Waals surface area contributed by atoms with Crippen LogP contribution < -0.4 is 10.1 Å². The molecule has 0 aliphatic rings. The topological polar surface area (TPSA) is 41.5 Å².